The van der Waals surface area contributed by atoms with Crippen molar-refractivity contribution in [2.75, 3.05) is 11.5 Å². The zero-order valence-electron chi connectivity index (χ0n) is 12.9. The van der Waals surface area contributed by atoms with Crippen molar-refractivity contribution in [3.05, 3.63) is 12.4 Å². The minimum absolute atomic E-state index is 0.0474. The highest BCUT2D eigenvalue weighted by molar-refractivity contribution is 8.24. The van der Waals surface area contributed by atoms with Crippen LogP contribution in [-0.4, -0.2) is 48.7 Å². The minimum atomic E-state index is -2.41. The normalized spacial score (nSPS) is 31.5. The number of hydrogen-bond donors (Lipinski definition) is 2. The van der Waals surface area contributed by atoms with Gasteiger partial charge >= 0.3 is 7.12 Å². The molecule has 8 heteroatoms. The third kappa shape index (κ3) is 2.75. The predicted octanol–water partition coefficient (Wildman–Crippen LogP) is 1.88. The van der Waals surface area contributed by atoms with E-state index < -0.39 is 17.7 Å². The van der Waals surface area contributed by atoms with Crippen molar-refractivity contribution in [3.8, 4) is 0 Å². The van der Waals surface area contributed by atoms with Gasteiger partial charge in [0, 0.05) is 23.6 Å². The second kappa shape index (κ2) is 4.73. The van der Waals surface area contributed by atoms with E-state index in [1.54, 1.807) is 6.20 Å². The van der Waals surface area contributed by atoms with Crippen molar-refractivity contribution in [3.63, 3.8) is 0 Å². The number of rotatable bonds is 2. The standard InChI is InChI=1S/C13H23BN2O4S/c1-12(2)13(3,4)20-14(19-12)10-7-15-16(8-10)11-5-6-21(17,18)9-11/h7-8,11,17-18H,5-6,9H2,1-4H3. The van der Waals surface area contributed by atoms with Crippen LogP contribution in [0.3, 0.4) is 0 Å². The van der Waals surface area contributed by atoms with Crippen molar-refractivity contribution < 1.29 is 18.4 Å². The van der Waals surface area contributed by atoms with E-state index in [0.29, 0.717) is 11.5 Å². The summed E-state index contributed by atoms with van der Waals surface area (Å²) >= 11 is 0. The highest BCUT2D eigenvalue weighted by Gasteiger charge is 2.52. The summed E-state index contributed by atoms with van der Waals surface area (Å²) in [5, 5.41) is 4.35. The fraction of sp³-hybridized carbons (Fsp3) is 0.769. The van der Waals surface area contributed by atoms with Gasteiger partial charge in [-0.3, -0.25) is 13.8 Å². The van der Waals surface area contributed by atoms with Crippen molar-refractivity contribution in [1.29, 1.82) is 0 Å². The highest BCUT2D eigenvalue weighted by Crippen LogP contribution is 2.49. The molecule has 3 rings (SSSR count). The SMILES string of the molecule is CC1(C)OB(c2cnn(C3CCS(O)(O)C3)c2)OC1(C)C. The average molecular weight is 314 g/mol. The van der Waals surface area contributed by atoms with E-state index in [1.165, 1.54) is 0 Å². The van der Waals surface area contributed by atoms with Gasteiger partial charge in [0.05, 0.1) is 23.0 Å². The van der Waals surface area contributed by atoms with E-state index in [-0.39, 0.29) is 17.2 Å². The molecular weight excluding hydrogens is 291 g/mol. The Bertz CT molecular complexity index is 530. The van der Waals surface area contributed by atoms with Crippen LogP contribution in [0.2, 0.25) is 0 Å². The van der Waals surface area contributed by atoms with Crippen LogP contribution < -0.4 is 5.46 Å². The summed E-state index contributed by atoms with van der Waals surface area (Å²) in [5.74, 6) is 0.848. The fourth-order valence-corrected chi connectivity index (χ4v) is 4.41. The summed E-state index contributed by atoms with van der Waals surface area (Å²) in [4.78, 5) is 0. The lowest BCUT2D eigenvalue weighted by molar-refractivity contribution is 0.00578. The summed E-state index contributed by atoms with van der Waals surface area (Å²) in [6.07, 6.45) is 4.38. The number of aromatic nitrogens is 2. The smallest absolute Gasteiger partial charge is 0.399 e. The first-order valence-electron chi connectivity index (χ1n) is 7.23. The molecule has 2 fully saturated rings. The van der Waals surface area contributed by atoms with Crippen LogP contribution >= 0.6 is 10.6 Å². The third-order valence-corrected chi connectivity index (χ3v) is 6.57. The van der Waals surface area contributed by atoms with Gasteiger partial charge < -0.3 is 9.31 Å². The van der Waals surface area contributed by atoms with Crippen molar-refractivity contribution >= 4 is 23.2 Å². The van der Waals surface area contributed by atoms with Gasteiger partial charge in [-0.25, -0.2) is 0 Å². The molecule has 2 saturated heterocycles. The molecule has 0 saturated carbocycles. The third-order valence-electron chi connectivity index (χ3n) is 4.76. The van der Waals surface area contributed by atoms with Gasteiger partial charge in [-0.05, 0) is 34.1 Å². The summed E-state index contributed by atoms with van der Waals surface area (Å²) in [7, 11) is -2.84. The van der Waals surface area contributed by atoms with E-state index in [4.69, 9.17) is 9.31 Å². The van der Waals surface area contributed by atoms with Crippen LogP contribution in [0.25, 0.3) is 0 Å². The molecule has 0 spiro atoms. The van der Waals surface area contributed by atoms with Crippen LogP contribution in [0.4, 0.5) is 0 Å². The van der Waals surface area contributed by atoms with Gasteiger partial charge in [-0.15, -0.1) is 0 Å². The molecule has 1 aromatic rings. The van der Waals surface area contributed by atoms with E-state index >= 15 is 0 Å². The van der Waals surface area contributed by atoms with Crippen molar-refractivity contribution in [1.82, 2.24) is 9.78 Å². The van der Waals surface area contributed by atoms with Crippen LogP contribution in [0.1, 0.15) is 40.2 Å². The van der Waals surface area contributed by atoms with Gasteiger partial charge in [-0.2, -0.15) is 15.7 Å². The average Bonchev–Trinajstić information content (AvgIpc) is 2.97. The van der Waals surface area contributed by atoms with E-state index in [0.717, 1.165) is 11.9 Å². The minimum Gasteiger partial charge on any atom is -0.399 e. The Hall–Kier alpha value is -0.535. The van der Waals surface area contributed by atoms with Gasteiger partial charge in [0.1, 0.15) is 0 Å². The van der Waals surface area contributed by atoms with Crippen molar-refractivity contribution in [2.24, 2.45) is 0 Å². The topological polar surface area (TPSA) is 76.7 Å². The van der Waals surface area contributed by atoms with Crippen LogP contribution in [-0.2, 0) is 9.31 Å². The first-order chi connectivity index (χ1) is 9.60. The largest absolute Gasteiger partial charge is 0.498 e. The Labute approximate surface area is 127 Å². The Kier molecular flexibility index (Phi) is 3.46. The summed E-state index contributed by atoms with van der Waals surface area (Å²) < 4.78 is 33.3. The Balaban J connectivity index is 1.75. The number of nitrogens with zero attached hydrogens (tertiary/aromatic N) is 2. The van der Waals surface area contributed by atoms with Crippen molar-refractivity contribution in [2.45, 2.75) is 51.4 Å². The second-order valence-electron chi connectivity index (χ2n) is 6.96. The van der Waals surface area contributed by atoms with Gasteiger partial charge in [0.2, 0.25) is 0 Å². The maximum atomic E-state index is 9.73. The molecule has 3 heterocycles. The molecule has 2 aliphatic heterocycles. The van der Waals surface area contributed by atoms with Gasteiger partial charge in [0.25, 0.3) is 0 Å². The molecule has 21 heavy (non-hydrogen) atoms. The molecule has 118 valence electrons. The summed E-state index contributed by atoms with van der Waals surface area (Å²) in [6.45, 7) is 8.07. The molecule has 1 aromatic heterocycles. The number of hydrogen-bond acceptors (Lipinski definition) is 5. The molecule has 2 N–H and O–H groups in total. The van der Waals surface area contributed by atoms with E-state index in [1.807, 2.05) is 38.6 Å². The molecule has 1 atom stereocenters. The lowest BCUT2D eigenvalue weighted by atomic mass is 9.82. The molecule has 0 amide bonds. The lowest BCUT2D eigenvalue weighted by Crippen LogP contribution is -2.41. The van der Waals surface area contributed by atoms with Gasteiger partial charge in [0.15, 0.2) is 0 Å². The zero-order valence-corrected chi connectivity index (χ0v) is 13.8. The Morgan fingerprint density at radius 1 is 1.29 bits per heavy atom. The quantitative estimate of drug-likeness (QED) is 0.815. The molecule has 2 aliphatic rings. The monoisotopic (exact) mass is 314 g/mol. The highest BCUT2D eigenvalue weighted by atomic mass is 32.3. The molecule has 6 nitrogen and oxygen atoms in total. The first-order valence-corrected chi connectivity index (χ1v) is 9.11. The lowest BCUT2D eigenvalue weighted by Gasteiger charge is -2.32. The fourth-order valence-electron chi connectivity index (χ4n) is 2.66. The molecule has 0 aliphatic carbocycles. The van der Waals surface area contributed by atoms with Crippen LogP contribution in [0.5, 0.6) is 0 Å². The second-order valence-corrected chi connectivity index (χ2v) is 9.30. The molecule has 0 radical (unpaired) electrons. The Morgan fingerprint density at radius 2 is 1.90 bits per heavy atom. The van der Waals surface area contributed by atoms with E-state index in [9.17, 15) is 9.11 Å². The summed E-state index contributed by atoms with van der Waals surface area (Å²) in [5.41, 5.74) is 0.127. The van der Waals surface area contributed by atoms with Crippen LogP contribution in [0, 0.1) is 0 Å². The maximum Gasteiger partial charge on any atom is 0.498 e. The predicted molar refractivity (Wildman–Crippen MR) is 84.2 cm³/mol. The first kappa shape index (κ1) is 15.4. The maximum absolute atomic E-state index is 9.73. The molecule has 0 aromatic carbocycles. The molecule has 0 bridgehead atoms. The zero-order chi connectivity index (χ0) is 15.5. The Morgan fingerprint density at radius 3 is 2.43 bits per heavy atom. The van der Waals surface area contributed by atoms with Crippen LogP contribution in [0.15, 0.2) is 12.4 Å². The molecular formula is C13H23BN2O4S. The molecule has 1 unspecified atom stereocenters. The summed E-state index contributed by atoms with van der Waals surface area (Å²) in [6, 6.07) is 0.0474. The van der Waals surface area contributed by atoms with E-state index in [2.05, 4.69) is 5.10 Å². The van der Waals surface area contributed by atoms with Gasteiger partial charge in [-0.1, -0.05) is 0 Å².